The third-order valence-corrected chi connectivity index (χ3v) is 5.73. The Bertz CT molecular complexity index is 1060. The molecule has 4 rings (SSSR count). The van der Waals surface area contributed by atoms with Crippen LogP contribution in [0.3, 0.4) is 0 Å². The largest absolute Gasteiger partial charge is 0.336 e. The fraction of sp³-hybridized carbons (Fsp3) is 0.273. The molecule has 0 N–H and O–H groups in total. The van der Waals surface area contributed by atoms with Gasteiger partial charge in [-0.05, 0) is 48.9 Å². The molecule has 1 amide bonds. The van der Waals surface area contributed by atoms with Crippen molar-refractivity contribution in [3.05, 3.63) is 82.1 Å². The highest BCUT2D eigenvalue weighted by Gasteiger charge is 2.25. The number of hydrogen-bond acceptors (Lipinski definition) is 3. The minimum absolute atomic E-state index is 0.0691. The van der Waals surface area contributed by atoms with Crippen molar-refractivity contribution in [2.45, 2.75) is 13.5 Å². The molecule has 5 nitrogen and oxygen atoms in total. The molecule has 0 saturated carbocycles. The van der Waals surface area contributed by atoms with Crippen molar-refractivity contribution >= 4 is 17.5 Å². The molecule has 3 aromatic rings. The summed E-state index contributed by atoms with van der Waals surface area (Å²) in [5.41, 5.74) is 2.82. The number of benzene rings is 2. The highest BCUT2D eigenvalue weighted by Crippen LogP contribution is 2.21. The number of halogens is 3. The second-order valence-electron chi connectivity index (χ2n) is 7.34. The van der Waals surface area contributed by atoms with Gasteiger partial charge in [0, 0.05) is 37.7 Å². The molecule has 1 aliphatic rings. The van der Waals surface area contributed by atoms with Crippen molar-refractivity contribution in [3.8, 4) is 5.69 Å². The molecule has 0 bridgehead atoms. The van der Waals surface area contributed by atoms with Gasteiger partial charge in [-0.25, -0.2) is 13.5 Å². The van der Waals surface area contributed by atoms with Crippen LogP contribution in [-0.2, 0) is 6.54 Å². The van der Waals surface area contributed by atoms with Crippen LogP contribution in [0.25, 0.3) is 5.69 Å². The van der Waals surface area contributed by atoms with Crippen LogP contribution < -0.4 is 0 Å². The number of nitrogens with zero attached hydrogens (tertiary/aromatic N) is 4. The quantitative estimate of drug-likeness (QED) is 0.626. The highest BCUT2D eigenvalue weighted by molar-refractivity contribution is 6.31. The first-order valence-corrected chi connectivity index (χ1v) is 10.1. The zero-order chi connectivity index (χ0) is 21.3. The van der Waals surface area contributed by atoms with Gasteiger partial charge in [0.05, 0.1) is 23.1 Å². The van der Waals surface area contributed by atoms with E-state index in [2.05, 4.69) is 10.00 Å². The summed E-state index contributed by atoms with van der Waals surface area (Å²) in [4.78, 5) is 17.0. The van der Waals surface area contributed by atoms with E-state index in [9.17, 15) is 13.6 Å². The molecule has 1 saturated heterocycles. The van der Waals surface area contributed by atoms with E-state index in [0.29, 0.717) is 54.7 Å². The van der Waals surface area contributed by atoms with Crippen molar-refractivity contribution in [1.29, 1.82) is 0 Å². The van der Waals surface area contributed by atoms with E-state index in [1.807, 2.05) is 11.8 Å². The lowest BCUT2D eigenvalue weighted by Gasteiger charge is -2.34. The van der Waals surface area contributed by atoms with Gasteiger partial charge in [-0.2, -0.15) is 5.10 Å². The Morgan fingerprint density at radius 3 is 2.37 bits per heavy atom. The molecule has 30 heavy (non-hydrogen) atoms. The van der Waals surface area contributed by atoms with E-state index in [-0.39, 0.29) is 17.5 Å². The fourth-order valence-corrected chi connectivity index (χ4v) is 3.86. The lowest BCUT2D eigenvalue weighted by Crippen LogP contribution is -2.48. The van der Waals surface area contributed by atoms with Crippen LogP contribution in [0.15, 0.2) is 48.7 Å². The molecule has 1 fully saturated rings. The van der Waals surface area contributed by atoms with Gasteiger partial charge < -0.3 is 4.90 Å². The lowest BCUT2D eigenvalue weighted by molar-refractivity contribution is 0.0627. The van der Waals surface area contributed by atoms with Crippen LogP contribution in [0.5, 0.6) is 0 Å². The Morgan fingerprint density at radius 2 is 1.70 bits per heavy atom. The van der Waals surface area contributed by atoms with Gasteiger partial charge in [0.15, 0.2) is 0 Å². The van der Waals surface area contributed by atoms with Gasteiger partial charge in [-0.1, -0.05) is 17.7 Å². The van der Waals surface area contributed by atoms with Crippen LogP contribution in [0.2, 0.25) is 5.02 Å². The Kier molecular flexibility index (Phi) is 5.83. The van der Waals surface area contributed by atoms with E-state index in [4.69, 9.17) is 11.6 Å². The number of hydrogen-bond donors (Lipinski definition) is 0. The second-order valence-corrected chi connectivity index (χ2v) is 7.74. The normalized spacial score (nSPS) is 14.9. The van der Waals surface area contributed by atoms with Crippen LogP contribution in [0.4, 0.5) is 8.78 Å². The maximum absolute atomic E-state index is 13.2. The molecule has 156 valence electrons. The lowest BCUT2D eigenvalue weighted by atomic mass is 10.1. The maximum Gasteiger partial charge on any atom is 0.257 e. The summed E-state index contributed by atoms with van der Waals surface area (Å²) in [7, 11) is 0. The van der Waals surface area contributed by atoms with Gasteiger partial charge in [0.25, 0.3) is 5.91 Å². The van der Waals surface area contributed by atoms with Crippen LogP contribution in [0, 0.1) is 18.6 Å². The zero-order valence-electron chi connectivity index (χ0n) is 16.5. The van der Waals surface area contributed by atoms with E-state index < -0.39 is 0 Å². The van der Waals surface area contributed by atoms with Gasteiger partial charge in [-0.3, -0.25) is 9.69 Å². The molecule has 0 radical (unpaired) electrons. The number of amides is 1. The monoisotopic (exact) mass is 430 g/mol. The molecule has 1 aromatic heterocycles. The third-order valence-electron chi connectivity index (χ3n) is 5.38. The predicted octanol–water partition coefficient (Wildman–Crippen LogP) is 4.07. The minimum Gasteiger partial charge on any atom is -0.336 e. The first kappa shape index (κ1) is 20.5. The number of carbonyl (C=O) groups is 1. The summed E-state index contributed by atoms with van der Waals surface area (Å²) < 4.78 is 28.0. The summed E-state index contributed by atoms with van der Waals surface area (Å²) >= 11 is 6.13. The predicted molar refractivity (Wildman–Crippen MR) is 111 cm³/mol. The van der Waals surface area contributed by atoms with Gasteiger partial charge in [0.2, 0.25) is 0 Å². The van der Waals surface area contributed by atoms with E-state index >= 15 is 0 Å². The SMILES string of the molecule is Cc1c(C(=O)N2CCN(Cc3ccc(F)cc3Cl)CC2)cnn1-c1ccc(F)cc1. The number of piperazine rings is 1. The minimum atomic E-state index is -0.351. The summed E-state index contributed by atoms with van der Waals surface area (Å²) in [5, 5.41) is 4.72. The van der Waals surface area contributed by atoms with Crippen molar-refractivity contribution in [3.63, 3.8) is 0 Å². The first-order chi connectivity index (χ1) is 14.4. The van der Waals surface area contributed by atoms with Crippen LogP contribution in [-0.4, -0.2) is 51.7 Å². The second kappa shape index (κ2) is 8.53. The number of aromatic nitrogens is 2. The topological polar surface area (TPSA) is 41.4 Å². The number of carbonyl (C=O) groups excluding carboxylic acids is 1. The molecule has 0 unspecified atom stereocenters. The highest BCUT2D eigenvalue weighted by atomic mass is 35.5. The Balaban J connectivity index is 1.40. The average Bonchev–Trinajstić information content (AvgIpc) is 3.12. The Morgan fingerprint density at radius 1 is 1.03 bits per heavy atom. The molecule has 0 aliphatic carbocycles. The maximum atomic E-state index is 13.2. The first-order valence-electron chi connectivity index (χ1n) is 9.68. The molecule has 1 aliphatic heterocycles. The van der Waals surface area contributed by atoms with Gasteiger partial charge in [0.1, 0.15) is 11.6 Å². The van der Waals surface area contributed by atoms with Gasteiger partial charge in [-0.15, -0.1) is 0 Å². The van der Waals surface area contributed by atoms with Crippen molar-refractivity contribution in [2.75, 3.05) is 26.2 Å². The standard InChI is InChI=1S/C22H21ClF2N4O/c1-15-20(13-26-29(15)19-6-4-17(24)5-7-19)22(30)28-10-8-27(9-11-28)14-16-2-3-18(25)12-21(16)23/h2-7,12-13H,8-11,14H2,1H3. The third kappa shape index (κ3) is 4.22. The molecule has 2 aromatic carbocycles. The molecular formula is C22H21ClF2N4O. The smallest absolute Gasteiger partial charge is 0.257 e. The summed E-state index contributed by atoms with van der Waals surface area (Å²) in [6, 6.07) is 10.4. The van der Waals surface area contributed by atoms with E-state index in [1.165, 1.54) is 24.3 Å². The van der Waals surface area contributed by atoms with Crippen molar-refractivity contribution < 1.29 is 13.6 Å². The molecule has 2 heterocycles. The average molecular weight is 431 g/mol. The summed E-state index contributed by atoms with van der Waals surface area (Å²) in [5.74, 6) is -0.740. The van der Waals surface area contributed by atoms with E-state index in [0.717, 1.165) is 5.56 Å². The summed E-state index contributed by atoms with van der Waals surface area (Å²) in [6.07, 6.45) is 1.56. The Labute approximate surface area is 178 Å². The Hall–Kier alpha value is -2.77. The number of rotatable bonds is 4. The molecular weight excluding hydrogens is 410 g/mol. The molecule has 0 spiro atoms. The van der Waals surface area contributed by atoms with Crippen LogP contribution >= 0.6 is 11.6 Å². The molecule has 8 heteroatoms. The fourth-order valence-electron chi connectivity index (χ4n) is 3.63. The molecule has 0 atom stereocenters. The van der Waals surface area contributed by atoms with Crippen molar-refractivity contribution in [2.24, 2.45) is 0 Å². The van der Waals surface area contributed by atoms with Crippen LogP contribution in [0.1, 0.15) is 21.6 Å². The van der Waals surface area contributed by atoms with E-state index in [1.54, 1.807) is 29.1 Å². The van der Waals surface area contributed by atoms with Gasteiger partial charge >= 0.3 is 0 Å². The zero-order valence-corrected chi connectivity index (χ0v) is 17.2. The van der Waals surface area contributed by atoms with Crippen molar-refractivity contribution in [1.82, 2.24) is 19.6 Å². The summed E-state index contributed by atoms with van der Waals surface area (Å²) in [6.45, 7) is 5.01.